The standard InChI is InChI=1S/C14H15N3O/c1-8-5-11(7-15)13(9(2)16)12(6-8)17-14(18)10-3-4-10/h5-6,10,16H,3-4H2,1-2H3,(H,17,18). The first-order chi connectivity index (χ1) is 8.52. The molecule has 0 unspecified atom stereocenters. The minimum atomic E-state index is -0.00742. The number of nitriles is 1. The van der Waals surface area contributed by atoms with Crippen molar-refractivity contribution >= 4 is 17.3 Å². The molecule has 0 aliphatic heterocycles. The minimum absolute atomic E-state index is 0.00742. The van der Waals surface area contributed by atoms with Crippen molar-refractivity contribution in [1.82, 2.24) is 0 Å². The van der Waals surface area contributed by atoms with E-state index in [-0.39, 0.29) is 17.5 Å². The Bertz CT molecular complexity index is 565. The Labute approximate surface area is 106 Å². The molecule has 1 aromatic rings. The number of amides is 1. The van der Waals surface area contributed by atoms with Gasteiger partial charge in [-0.3, -0.25) is 4.79 Å². The first-order valence-electron chi connectivity index (χ1n) is 5.94. The second-order valence-corrected chi connectivity index (χ2v) is 4.74. The van der Waals surface area contributed by atoms with Gasteiger partial charge in [0.05, 0.1) is 17.3 Å². The summed E-state index contributed by atoms with van der Waals surface area (Å²) < 4.78 is 0. The van der Waals surface area contributed by atoms with Crippen LogP contribution in [-0.4, -0.2) is 11.6 Å². The topological polar surface area (TPSA) is 76.7 Å². The third-order valence-electron chi connectivity index (χ3n) is 2.98. The minimum Gasteiger partial charge on any atom is -0.325 e. The van der Waals surface area contributed by atoms with Crippen molar-refractivity contribution in [2.45, 2.75) is 26.7 Å². The van der Waals surface area contributed by atoms with Crippen LogP contribution in [0, 0.1) is 29.6 Å². The van der Waals surface area contributed by atoms with Gasteiger partial charge >= 0.3 is 0 Å². The maximum Gasteiger partial charge on any atom is 0.227 e. The zero-order valence-corrected chi connectivity index (χ0v) is 10.5. The molecule has 1 aliphatic carbocycles. The molecule has 0 spiro atoms. The summed E-state index contributed by atoms with van der Waals surface area (Å²) in [6, 6.07) is 5.63. The van der Waals surface area contributed by atoms with Gasteiger partial charge < -0.3 is 10.7 Å². The van der Waals surface area contributed by atoms with Crippen LogP contribution < -0.4 is 5.32 Å². The Morgan fingerprint density at radius 3 is 2.67 bits per heavy atom. The number of hydrogen-bond acceptors (Lipinski definition) is 3. The fourth-order valence-electron chi connectivity index (χ4n) is 1.96. The van der Waals surface area contributed by atoms with E-state index in [1.165, 1.54) is 0 Å². The maximum absolute atomic E-state index is 11.8. The maximum atomic E-state index is 11.8. The fourth-order valence-corrected chi connectivity index (χ4v) is 1.96. The Hall–Kier alpha value is -2.15. The molecular formula is C14H15N3O. The van der Waals surface area contributed by atoms with Gasteiger partial charge in [0.2, 0.25) is 5.91 Å². The van der Waals surface area contributed by atoms with Gasteiger partial charge in [-0.2, -0.15) is 5.26 Å². The molecule has 1 amide bonds. The molecule has 92 valence electrons. The molecule has 1 saturated carbocycles. The number of hydrogen-bond donors (Lipinski definition) is 2. The molecule has 1 fully saturated rings. The zero-order chi connectivity index (χ0) is 13.3. The summed E-state index contributed by atoms with van der Waals surface area (Å²) in [5.74, 6) is 0.0990. The van der Waals surface area contributed by atoms with Gasteiger partial charge in [0, 0.05) is 17.2 Å². The predicted octanol–water partition coefficient (Wildman–Crippen LogP) is 2.60. The second kappa shape index (κ2) is 4.61. The number of nitrogens with one attached hydrogen (secondary N) is 2. The van der Waals surface area contributed by atoms with Crippen LogP contribution in [0.4, 0.5) is 5.69 Å². The van der Waals surface area contributed by atoms with Crippen LogP contribution in [0.25, 0.3) is 0 Å². The van der Waals surface area contributed by atoms with Crippen molar-refractivity contribution in [2.75, 3.05) is 5.32 Å². The second-order valence-electron chi connectivity index (χ2n) is 4.74. The van der Waals surface area contributed by atoms with Crippen molar-refractivity contribution in [3.8, 4) is 6.07 Å². The molecule has 0 heterocycles. The molecule has 4 heteroatoms. The summed E-state index contributed by atoms with van der Waals surface area (Å²) in [5.41, 5.74) is 2.74. The lowest BCUT2D eigenvalue weighted by molar-refractivity contribution is -0.117. The number of carbonyl (C=O) groups excluding carboxylic acids is 1. The lowest BCUT2D eigenvalue weighted by atomic mass is 9.99. The summed E-state index contributed by atoms with van der Waals surface area (Å²) in [6.45, 7) is 3.50. The van der Waals surface area contributed by atoms with E-state index in [4.69, 9.17) is 10.7 Å². The molecule has 0 aromatic heterocycles. The Morgan fingerprint density at radius 1 is 1.50 bits per heavy atom. The third kappa shape index (κ3) is 2.40. The molecule has 2 rings (SSSR count). The van der Waals surface area contributed by atoms with Gasteiger partial charge in [-0.1, -0.05) is 0 Å². The van der Waals surface area contributed by atoms with E-state index in [0.717, 1.165) is 18.4 Å². The van der Waals surface area contributed by atoms with Crippen LogP contribution in [-0.2, 0) is 4.79 Å². The average molecular weight is 241 g/mol. The predicted molar refractivity (Wildman–Crippen MR) is 69.8 cm³/mol. The SMILES string of the molecule is CC(=N)c1c(C#N)cc(C)cc1NC(=O)C1CC1. The molecule has 1 aromatic carbocycles. The van der Waals surface area contributed by atoms with Gasteiger partial charge in [-0.15, -0.1) is 0 Å². The van der Waals surface area contributed by atoms with Crippen molar-refractivity contribution < 1.29 is 4.79 Å². The van der Waals surface area contributed by atoms with Gasteiger partial charge in [0.25, 0.3) is 0 Å². The number of carbonyl (C=O) groups is 1. The zero-order valence-electron chi connectivity index (χ0n) is 10.5. The molecule has 4 nitrogen and oxygen atoms in total. The Morgan fingerprint density at radius 2 is 2.17 bits per heavy atom. The number of aryl methyl sites for hydroxylation is 1. The third-order valence-corrected chi connectivity index (χ3v) is 2.98. The summed E-state index contributed by atoms with van der Waals surface area (Å²) in [7, 11) is 0. The highest BCUT2D eigenvalue weighted by molar-refractivity contribution is 6.07. The molecule has 0 bridgehead atoms. The average Bonchev–Trinajstić information content (AvgIpc) is 3.10. The van der Waals surface area contributed by atoms with E-state index in [1.54, 1.807) is 13.0 Å². The fraction of sp³-hybridized carbons (Fsp3) is 0.357. The largest absolute Gasteiger partial charge is 0.325 e. The highest BCUT2D eigenvalue weighted by atomic mass is 16.2. The number of anilines is 1. The summed E-state index contributed by atoms with van der Waals surface area (Å²) >= 11 is 0. The van der Waals surface area contributed by atoms with E-state index < -0.39 is 0 Å². The van der Waals surface area contributed by atoms with E-state index in [0.29, 0.717) is 16.8 Å². The van der Waals surface area contributed by atoms with Crippen LogP contribution in [0.3, 0.4) is 0 Å². The normalized spacial score (nSPS) is 13.8. The van der Waals surface area contributed by atoms with Gasteiger partial charge in [0.1, 0.15) is 0 Å². The molecular weight excluding hydrogens is 226 g/mol. The summed E-state index contributed by atoms with van der Waals surface area (Å²) in [6.07, 6.45) is 1.86. The smallest absolute Gasteiger partial charge is 0.227 e. The number of nitrogens with zero attached hydrogens (tertiary/aromatic N) is 1. The summed E-state index contributed by atoms with van der Waals surface area (Å²) in [4.78, 5) is 11.8. The molecule has 0 atom stereocenters. The van der Waals surface area contributed by atoms with Crippen molar-refractivity contribution in [3.05, 3.63) is 28.8 Å². The first-order valence-corrected chi connectivity index (χ1v) is 5.94. The lowest BCUT2D eigenvalue weighted by Crippen LogP contribution is -2.16. The van der Waals surface area contributed by atoms with E-state index in [1.807, 2.05) is 13.0 Å². The molecule has 1 aliphatic rings. The highest BCUT2D eigenvalue weighted by Crippen LogP contribution is 2.31. The van der Waals surface area contributed by atoms with Gasteiger partial charge in [0.15, 0.2) is 0 Å². The number of benzene rings is 1. The first kappa shape index (κ1) is 12.3. The quantitative estimate of drug-likeness (QED) is 0.798. The van der Waals surface area contributed by atoms with E-state index in [2.05, 4.69) is 11.4 Å². The summed E-state index contributed by atoms with van der Waals surface area (Å²) in [5, 5.41) is 19.7. The van der Waals surface area contributed by atoms with E-state index >= 15 is 0 Å². The van der Waals surface area contributed by atoms with Crippen LogP contribution in [0.2, 0.25) is 0 Å². The van der Waals surface area contributed by atoms with Crippen molar-refractivity contribution in [3.63, 3.8) is 0 Å². The Kier molecular flexibility index (Phi) is 3.15. The highest BCUT2D eigenvalue weighted by Gasteiger charge is 2.30. The van der Waals surface area contributed by atoms with Crippen LogP contribution in [0.15, 0.2) is 12.1 Å². The van der Waals surface area contributed by atoms with Gasteiger partial charge in [-0.25, -0.2) is 0 Å². The molecule has 18 heavy (non-hydrogen) atoms. The monoisotopic (exact) mass is 241 g/mol. The van der Waals surface area contributed by atoms with Crippen LogP contribution >= 0.6 is 0 Å². The lowest BCUT2D eigenvalue weighted by Gasteiger charge is -2.13. The van der Waals surface area contributed by atoms with Crippen molar-refractivity contribution in [1.29, 1.82) is 10.7 Å². The van der Waals surface area contributed by atoms with E-state index in [9.17, 15) is 4.79 Å². The molecule has 2 N–H and O–H groups in total. The van der Waals surface area contributed by atoms with Crippen molar-refractivity contribution in [2.24, 2.45) is 5.92 Å². The number of rotatable bonds is 3. The molecule has 0 saturated heterocycles. The van der Waals surface area contributed by atoms with Crippen LogP contribution in [0.1, 0.15) is 36.5 Å². The Balaban J connectivity index is 2.43. The molecule has 0 radical (unpaired) electrons. The van der Waals surface area contributed by atoms with Crippen LogP contribution in [0.5, 0.6) is 0 Å². The van der Waals surface area contributed by atoms with Gasteiger partial charge in [-0.05, 0) is 44.4 Å².